The molecule has 0 radical (unpaired) electrons. The maximum atomic E-state index is 10.6. The number of rotatable bonds is 2. The van der Waals surface area contributed by atoms with Gasteiger partial charge in [0.25, 0.3) is 5.69 Å². The van der Waals surface area contributed by atoms with Gasteiger partial charge >= 0.3 is 0 Å². The van der Waals surface area contributed by atoms with Gasteiger partial charge in [-0.1, -0.05) is 0 Å². The van der Waals surface area contributed by atoms with Crippen LogP contribution in [-0.4, -0.2) is 12.0 Å². The molecule has 0 atom stereocenters. The van der Waals surface area contributed by atoms with Gasteiger partial charge < -0.3 is 4.74 Å². The molecule has 5 heteroatoms. The summed E-state index contributed by atoms with van der Waals surface area (Å²) in [5, 5.41) is 19.2. The van der Waals surface area contributed by atoms with E-state index in [1.165, 1.54) is 19.2 Å². The topological polar surface area (TPSA) is 76.2 Å². The largest absolute Gasteiger partial charge is 0.496 e. The van der Waals surface area contributed by atoms with Crippen LogP contribution in [0.5, 0.6) is 5.75 Å². The Morgan fingerprint density at radius 2 is 2.21 bits per heavy atom. The lowest BCUT2D eigenvalue weighted by atomic mass is 10.1. The molecule has 1 aromatic carbocycles. The van der Waals surface area contributed by atoms with E-state index in [4.69, 9.17) is 10.00 Å². The molecule has 0 spiro atoms. The van der Waals surface area contributed by atoms with Crippen molar-refractivity contribution in [3.8, 4) is 11.8 Å². The normalized spacial score (nSPS) is 9.21. The zero-order valence-electron chi connectivity index (χ0n) is 7.77. The van der Waals surface area contributed by atoms with E-state index in [1.807, 2.05) is 6.07 Å². The van der Waals surface area contributed by atoms with Crippen molar-refractivity contribution in [1.29, 1.82) is 5.26 Å². The first kappa shape index (κ1) is 9.99. The summed E-state index contributed by atoms with van der Waals surface area (Å²) in [6.07, 6.45) is 0. The van der Waals surface area contributed by atoms with Crippen molar-refractivity contribution in [2.24, 2.45) is 0 Å². The maximum Gasteiger partial charge on any atom is 0.277 e. The number of hydrogen-bond donors (Lipinski definition) is 0. The molecule has 0 heterocycles. The van der Waals surface area contributed by atoms with Gasteiger partial charge in [0.15, 0.2) is 0 Å². The van der Waals surface area contributed by atoms with Crippen molar-refractivity contribution in [2.45, 2.75) is 6.92 Å². The first-order chi connectivity index (χ1) is 6.60. The summed E-state index contributed by atoms with van der Waals surface area (Å²) in [5.41, 5.74) is 0.552. The Labute approximate surface area is 80.7 Å². The zero-order valence-corrected chi connectivity index (χ0v) is 7.77. The Kier molecular flexibility index (Phi) is 2.67. The van der Waals surface area contributed by atoms with Gasteiger partial charge in [-0.3, -0.25) is 10.1 Å². The van der Waals surface area contributed by atoms with E-state index >= 15 is 0 Å². The number of benzene rings is 1. The van der Waals surface area contributed by atoms with Crippen LogP contribution >= 0.6 is 0 Å². The van der Waals surface area contributed by atoms with Crippen LogP contribution in [-0.2, 0) is 0 Å². The molecule has 0 bridgehead atoms. The summed E-state index contributed by atoms with van der Waals surface area (Å²) < 4.78 is 4.92. The highest BCUT2D eigenvalue weighted by molar-refractivity contribution is 5.54. The van der Waals surface area contributed by atoms with Crippen molar-refractivity contribution in [1.82, 2.24) is 0 Å². The van der Waals surface area contributed by atoms with Crippen LogP contribution in [0.15, 0.2) is 12.1 Å². The maximum absolute atomic E-state index is 10.6. The fraction of sp³-hybridized carbons (Fsp3) is 0.222. The van der Waals surface area contributed by atoms with Crippen LogP contribution in [0.3, 0.4) is 0 Å². The van der Waals surface area contributed by atoms with E-state index in [1.54, 1.807) is 6.92 Å². The van der Waals surface area contributed by atoms with E-state index in [0.717, 1.165) is 0 Å². The molecule has 1 rings (SSSR count). The monoisotopic (exact) mass is 192 g/mol. The highest BCUT2D eigenvalue weighted by Gasteiger charge is 2.16. The predicted molar refractivity (Wildman–Crippen MR) is 49.1 cm³/mol. The smallest absolute Gasteiger partial charge is 0.277 e. The first-order valence-corrected chi connectivity index (χ1v) is 3.83. The average molecular weight is 192 g/mol. The van der Waals surface area contributed by atoms with Gasteiger partial charge in [0.1, 0.15) is 5.75 Å². The number of nitro groups is 1. The minimum atomic E-state index is -0.529. The third kappa shape index (κ3) is 1.64. The molecule has 0 saturated carbocycles. The molecular formula is C9H8N2O3. The number of hydrogen-bond acceptors (Lipinski definition) is 4. The van der Waals surface area contributed by atoms with Crippen molar-refractivity contribution < 1.29 is 9.66 Å². The molecule has 0 aromatic heterocycles. The average Bonchev–Trinajstić information content (AvgIpc) is 2.17. The molecule has 0 amide bonds. The molecule has 5 nitrogen and oxygen atoms in total. The molecule has 72 valence electrons. The second-order valence-electron chi connectivity index (χ2n) is 2.69. The second kappa shape index (κ2) is 3.75. The third-order valence-electron chi connectivity index (χ3n) is 1.88. The van der Waals surface area contributed by atoms with Gasteiger partial charge in [0.2, 0.25) is 0 Å². The first-order valence-electron chi connectivity index (χ1n) is 3.83. The molecule has 0 unspecified atom stereocenters. The summed E-state index contributed by atoms with van der Waals surface area (Å²) in [7, 11) is 1.41. The molecule has 0 fully saturated rings. The SMILES string of the molecule is COc1cc(C#N)cc([N+](=O)[O-])c1C. The van der Waals surface area contributed by atoms with Gasteiger partial charge in [-0.2, -0.15) is 5.26 Å². The van der Waals surface area contributed by atoms with Crippen LogP contribution < -0.4 is 4.74 Å². The Morgan fingerprint density at radius 1 is 1.57 bits per heavy atom. The number of methoxy groups -OCH3 is 1. The quantitative estimate of drug-likeness (QED) is 0.528. The summed E-state index contributed by atoms with van der Waals surface area (Å²) in [4.78, 5) is 10.1. The lowest BCUT2D eigenvalue weighted by Crippen LogP contribution is -1.96. The number of ether oxygens (including phenoxy) is 1. The van der Waals surface area contributed by atoms with E-state index in [2.05, 4.69) is 0 Å². The van der Waals surface area contributed by atoms with Gasteiger partial charge in [-0.15, -0.1) is 0 Å². The van der Waals surface area contributed by atoms with Crippen LogP contribution in [0.25, 0.3) is 0 Å². The zero-order chi connectivity index (χ0) is 10.7. The second-order valence-corrected chi connectivity index (χ2v) is 2.69. The van der Waals surface area contributed by atoms with Crippen molar-refractivity contribution in [3.05, 3.63) is 33.4 Å². The highest BCUT2D eigenvalue weighted by Crippen LogP contribution is 2.28. The summed E-state index contributed by atoms with van der Waals surface area (Å²) in [5.74, 6) is 0.357. The van der Waals surface area contributed by atoms with E-state index < -0.39 is 4.92 Å². The Morgan fingerprint density at radius 3 is 2.64 bits per heavy atom. The molecular weight excluding hydrogens is 184 g/mol. The van der Waals surface area contributed by atoms with Crippen LogP contribution in [0, 0.1) is 28.4 Å². The Balaban J connectivity index is 3.44. The van der Waals surface area contributed by atoms with Crippen molar-refractivity contribution >= 4 is 5.69 Å². The van der Waals surface area contributed by atoms with E-state index in [-0.39, 0.29) is 11.3 Å². The molecule has 0 N–H and O–H groups in total. The molecule has 0 aliphatic heterocycles. The van der Waals surface area contributed by atoms with E-state index in [0.29, 0.717) is 11.3 Å². The summed E-state index contributed by atoms with van der Waals surface area (Å²) in [6, 6.07) is 4.55. The fourth-order valence-electron chi connectivity index (χ4n) is 1.14. The number of nitriles is 1. The highest BCUT2D eigenvalue weighted by atomic mass is 16.6. The predicted octanol–water partition coefficient (Wildman–Crippen LogP) is 1.78. The molecule has 1 aromatic rings. The lowest BCUT2D eigenvalue weighted by molar-refractivity contribution is -0.385. The minimum absolute atomic E-state index is 0.0964. The minimum Gasteiger partial charge on any atom is -0.496 e. The van der Waals surface area contributed by atoms with Gasteiger partial charge in [-0.25, -0.2) is 0 Å². The summed E-state index contributed by atoms with van der Waals surface area (Å²) in [6.45, 7) is 1.58. The number of nitro benzene ring substituents is 1. The van der Waals surface area contributed by atoms with Gasteiger partial charge in [-0.05, 0) is 13.0 Å². The summed E-state index contributed by atoms with van der Waals surface area (Å²) >= 11 is 0. The Hall–Kier alpha value is -2.09. The van der Waals surface area contributed by atoms with Crippen LogP contribution in [0.2, 0.25) is 0 Å². The third-order valence-corrected chi connectivity index (χ3v) is 1.88. The van der Waals surface area contributed by atoms with Crippen molar-refractivity contribution in [3.63, 3.8) is 0 Å². The van der Waals surface area contributed by atoms with Gasteiger partial charge in [0, 0.05) is 6.07 Å². The Bertz CT molecular complexity index is 421. The fourth-order valence-corrected chi connectivity index (χ4v) is 1.14. The van der Waals surface area contributed by atoms with Gasteiger partial charge in [0.05, 0.1) is 29.2 Å². The molecule has 0 saturated heterocycles. The molecule has 14 heavy (non-hydrogen) atoms. The molecule has 0 aliphatic rings. The lowest BCUT2D eigenvalue weighted by Gasteiger charge is -2.04. The van der Waals surface area contributed by atoms with E-state index in [9.17, 15) is 10.1 Å². The molecule has 0 aliphatic carbocycles. The van der Waals surface area contributed by atoms with Crippen LogP contribution in [0.4, 0.5) is 5.69 Å². The number of nitrogens with zero attached hydrogens (tertiary/aromatic N) is 2. The standard InChI is InChI=1S/C9H8N2O3/c1-6-8(11(12)13)3-7(5-10)4-9(6)14-2/h3-4H,1-2H3. The van der Waals surface area contributed by atoms with Crippen molar-refractivity contribution in [2.75, 3.05) is 7.11 Å². The van der Waals surface area contributed by atoms with Crippen LogP contribution in [0.1, 0.15) is 11.1 Å².